The molecule has 0 fully saturated rings. The molecule has 0 radical (unpaired) electrons. The van der Waals surface area contributed by atoms with Crippen LogP contribution in [0.3, 0.4) is 0 Å². The minimum atomic E-state index is -1.09. The number of methoxy groups -OCH3 is 1. The number of carbonyl (C=O) groups excluding carboxylic acids is 3. The molecule has 0 aromatic heterocycles. The number of hydrogen-bond acceptors (Lipinski definition) is 5. The molecule has 2 N–H and O–H groups in total. The van der Waals surface area contributed by atoms with Crippen LogP contribution in [0.5, 0.6) is 5.75 Å². The summed E-state index contributed by atoms with van der Waals surface area (Å²) < 4.78 is 10.2. The van der Waals surface area contributed by atoms with Crippen molar-refractivity contribution in [3.05, 3.63) is 29.8 Å². The van der Waals surface area contributed by atoms with E-state index in [9.17, 15) is 14.4 Å². The maximum absolute atomic E-state index is 12.0. The third kappa shape index (κ3) is 6.68. The van der Waals surface area contributed by atoms with Gasteiger partial charge in [0.05, 0.1) is 13.5 Å². The van der Waals surface area contributed by atoms with Crippen molar-refractivity contribution in [1.82, 2.24) is 10.6 Å². The zero-order valence-corrected chi connectivity index (χ0v) is 14.6. The second kappa shape index (κ2) is 8.33. The van der Waals surface area contributed by atoms with Crippen LogP contribution in [0.15, 0.2) is 24.3 Å². The summed E-state index contributed by atoms with van der Waals surface area (Å²) in [5, 5.41) is 4.72. The molecule has 0 bridgehead atoms. The first kappa shape index (κ1) is 19.5. The molecule has 7 nitrogen and oxygen atoms in total. The third-order valence-electron chi connectivity index (χ3n) is 2.93. The molecule has 7 heteroatoms. The van der Waals surface area contributed by atoms with E-state index in [4.69, 9.17) is 9.47 Å². The third-order valence-corrected chi connectivity index (χ3v) is 2.93. The van der Waals surface area contributed by atoms with Gasteiger partial charge in [0.15, 0.2) is 6.10 Å². The summed E-state index contributed by atoms with van der Waals surface area (Å²) in [5.74, 6) is -0.709. The van der Waals surface area contributed by atoms with Crippen molar-refractivity contribution in [3.8, 4) is 5.75 Å². The molecule has 0 spiro atoms. The maximum atomic E-state index is 12.0. The van der Waals surface area contributed by atoms with Gasteiger partial charge in [0.1, 0.15) is 5.75 Å². The molecule has 1 aromatic rings. The fourth-order valence-electron chi connectivity index (χ4n) is 1.88. The van der Waals surface area contributed by atoms with Gasteiger partial charge in [-0.25, -0.2) is 4.79 Å². The maximum Gasteiger partial charge on any atom is 0.321 e. The normalized spacial score (nSPS) is 12.0. The van der Waals surface area contributed by atoms with Crippen molar-refractivity contribution in [2.75, 3.05) is 7.11 Å². The van der Waals surface area contributed by atoms with Gasteiger partial charge in [-0.1, -0.05) is 18.2 Å². The summed E-state index contributed by atoms with van der Waals surface area (Å²) in [6, 6.07) is 6.40. The van der Waals surface area contributed by atoms with E-state index in [1.54, 1.807) is 45.0 Å². The average molecular weight is 336 g/mol. The smallest absolute Gasteiger partial charge is 0.321 e. The average Bonchev–Trinajstić information content (AvgIpc) is 2.45. The van der Waals surface area contributed by atoms with Gasteiger partial charge in [-0.2, -0.15) is 0 Å². The van der Waals surface area contributed by atoms with Crippen LogP contribution in [0.2, 0.25) is 0 Å². The molecule has 1 atom stereocenters. The summed E-state index contributed by atoms with van der Waals surface area (Å²) in [6.07, 6.45) is -1.12. The van der Waals surface area contributed by atoms with E-state index in [0.717, 1.165) is 0 Å². The number of esters is 1. The summed E-state index contributed by atoms with van der Waals surface area (Å²) >= 11 is 0. The molecule has 0 unspecified atom stereocenters. The standard InChI is InChI=1S/C17H24N2O5/c1-11(15(21)18-16(22)19-17(2,3)4)24-14(20)10-12-8-6-7-9-13(12)23-5/h6-9,11H,10H2,1-5H3,(H2,18,19,21,22)/t11-/m1/s1. The van der Waals surface area contributed by atoms with Gasteiger partial charge in [0.25, 0.3) is 5.91 Å². The van der Waals surface area contributed by atoms with Crippen molar-refractivity contribution in [2.45, 2.75) is 45.8 Å². The summed E-state index contributed by atoms with van der Waals surface area (Å²) in [5.41, 5.74) is 0.178. The number of amides is 3. The molecule has 0 aliphatic rings. The van der Waals surface area contributed by atoms with Gasteiger partial charge >= 0.3 is 12.0 Å². The molecule has 0 heterocycles. The molecule has 3 amide bonds. The van der Waals surface area contributed by atoms with Gasteiger partial charge < -0.3 is 14.8 Å². The number of hydrogen-bond donors (Lipinski definition) is 2. The molecule has 24 heavy (non-hydrogen) atoms. The lowest BCUT2D eigenvalue weighted by atomic mass is 10.1. The topological polar surface area (TPSA) is 93.7 Å². The Labute approximate surface area is 141 Å². The fraction of sp³-hybridized carbons (Fsp3) is 0.471. The number of benzene rings is 1. The van der Waals surface area contributed by atoms with E-state index in [2.05, 4.69) is 10.6 Å². The first-order chi connectivity index (χ1) is 11.1. The second-order valence-corrected chi connectivity index (χ2v) is 6.31. The van der Waals surface area contributed by atoms with E-state index >= 15 is 0 Å². The predicted molar refractivity (Wildman–Crippen MR) is 88.7 cm³/mol. The first-order valence-electron chi connectivity index (χ1n) is 7.57. The highest BCUT2D eigenvalue weighted by Gasteiger charge is 2.22. The summed E-state index contributed by atoms with van der Waals surface area (Å²) in [4.78, 5) is 35.5. The van der Waals surface area contributed by atoms with Crippen molar-refractivity contribution < 1.29 is 23.9 Å². The van der Waals surface area contributed by atoms with E-state index in [1.807, 2.05) is 0 Å². The molecule has 1 aromatic carbocycles. The van der Waals surface area contributed by atoms with Crippen LogP contribution in [0, 0.1) is 0 Å². The van der Waals surface area contributed by atoms with E-state index < -0.39 is 29.6 Å². The zero-order chi connectivity index (χ0) is 18.3. The lowest BCUT2D eigenvalue weighted by Gasteiger charge is -2.21. The molecular weight excluding hydrogens is 312 g/mol. The van der Waals surface area contributed by atoms with Crippen molar-refractivity contribution in [2.24, 2.45) is 0 Å². The highest BCUT2D eigenvalue weighted by molar-refractivity contribution is 5.97. The zero-order valence-electron chi connectivity index (χ0n) is 14.6. The SMILES string of the molecule is COc1ccccc1CC(=O)O[C@H](C)C(=O)NC(=O)NC(C)(C)C. The Morgan fingerprint density at radius 3 is 2.38 bits per heavy atom. The van der Waals surface area contributed by atoms with E-state index in [1.165, 1.54) is 14.0 Å². The van der Waals surface area contributed by atoms with Crippen LogP contribution in [0.25, 0.3) is 0 Å². The Morgan fingerprint density at radius 1 is 1.17 bits per heavy atom. The highest BCUT2D eigenvalue weighted by atomic mass is 16.5. The molecule has 0 saturated heterocycles. The number of ether oxygens (including phenoxy) is 2. The van der Waals surface area contributed by atoms with Gasteiger partial charge in [0.2, 0.25) is 0 Å². The summed E-state index contributed by atoms with van der Waals surface area (Å²) in [7, 11) is 1.51. The molecular formula is C17H24N2O5. The van der Waals surface area contributed by atoms with Crippen LogP contribution in [-0.4, -0.2) is 36.7 Å². The Kier molecular flexibility index (Phi) is 6.76. The number of imide groups is 1. The molecule has 0 aliphatic carbocycles. The van der Waals surface area contributed by atoms with Crippen LogP contribution in [0.4, 0.5) is 4.79 Å². The number of carbonyl (C=O) groups is 3. The van der Waals surface area contributed by atoms with Crippen molar-refractivity contribution >= 4 is 17.9 Å². The lowest BCUT2D eigenvalue weighted by Crippen LogP contribution is -2.50. The van der Waals surface area contributed by atoms with Crippen LogP contribution in [0.1, 0.15) is 33.3 Å². The quantitative estimate of drug-likeness (QED) is 0.800. The number of urea groups is 1. The minimum Gasteiger partial charge on any atom is -0.496 e. The van der Waals surface area contributed by atoms with E-state index in [0.29, 0.717) is 11.3 Å². The molecule has 132 valence electrons. The summed E-state index contributed by atoms with van der Waals surface area (Å²) in [6.45, 7) is 6.76. The monoisotopic (exact) mass is 336 g/mol. The molecule has 0 saturated carbocycles. The van der Waals surface area contributed by atoms with E-state index in [-0.39, 0.29) is 6.42 Å². The Morgan fingerprint density at radius 2 is 1.79 bits per heavy atom. The minimum absolute atomic E-state index is 0.0319. The number of rotatable bonds is 5. The fourth-order valence-corrected chi connectivity index (χ4v) is 1.88. The number of para-hydroxylation sites is 1. The number of nitrogens with one attached hydrogen (secondary N) is 2. The largest absolute Gasteiger partial charge is 0.496 e. The van der Waals surface area contributed by atoms with Crippen molar-refractivity contribution in [1.29, 1.82) is 0 Å². The Bertz CT molecular complexity index is 607. The van der Waals surface area contributed by atoms with Crippen LogP contribution in [-0.2, 0) is 20.7 Å². The van der Waals surface area contributed by atoms with Gasteiger partial charge in [0, 0.05) is 11.1 Å². The Hall–Kier alpha value is -2.57. The highest BCUT2D eigenvalue weighted by Crippen LogP contribution is 2.18. The van der Waals surface area contributed by atoms with Gasteiger partial charge in [-0.3, -0.25) is 14.9 Å². The van der Waals surface area contributed by atoms with Crippen molar-refractivity contribution in [3.63, 3.8) is 0 Å². The van der Waals surface area contributed by atoms with Crippen LogP contribution < -0.4 is 15.4 Å². The van der Waals surface area contributed by atoms with Gasteiger partial charge in [-0.05, 0) is 33.8 Å². The second-order valence-electron chi connectivity index (χ2n) is 6.31. The Balaban J connectivity index is 2.54. The predicted octanol–water partition coefficient (Wildman–Crippen LogP) is 1.79. The lowest BCUT2D eigenvalue weighted by molar-refractivity contribution is -0.153. The van der Waals surface area contributed by atoms with Gasteiger partial charge in [-0.15, -0.1) is 0 Å². The molecule has 1 rings (SSSR count). The van der Waals surface area contributed by atoms with Crippen LogP contribution >= 0.6 is 0 Å². The molecule has 0 aliphatic heterocycles. The first-order valence-corrected chi connectivity index (χ1v) is 7.57.